The van der Waals surface area contributed by atoms with E-state index >= 15 is 0 Å². The standard InChI is InChI=1S/C17H23N3O3/c1-22-12-16-18-17(23-19-16)11-20(9-10-21)15-8-4-6-13-5-2-3-7-14(13)15/h2-3,5,7,15,21H,4,6,8-12H2,1H3. The Balaban J connectivity index is 1.78. The number of fused-ring (bicyclic) bond motifs is 1. The number of aromatic nitrogens is 2. The van der Waals surface area contributed by atoms with E-state index in [-0.39, 0.29) is 12.6 Å². The molecule has 1 atom stereocenters. The first-order chi connectivity index (χ1) is 11.3. The third kappa shape index (κ3) is 3.77. The van der Waals surface area contributed by atoms with E-state index in [0.29, 0.717) is 31.4 Å². The van der Waals surface area contributed by atoms with Crippen molar-refractivity contribution >= 4 is 0 Å². The molecular weight excluding hydrogens is 294 g/mol. The fourth-order valence-electron chi connectivity index (χ4n) is 3.30. The molecule has 1 aliphatic carbocycles. The smallest absolute Gasteiger partial charge is 0.240 e. The van der Waals surface area contributed by atoms with Crippen molar-refractivity contribution in [1.29, 1.82) is 0 Å². The van der Waals surface area contributed by atoms with Crippen LogP contribution in [-0.4, -0.2) is 40.4 Å². The van der Waals surface area contributed by atoms with Crippen LogP contribution in [-0.2, 0) is 24.3 Å². The zero-order valence-corrected chi connectivity index (χ0v) is 13.4. The summed E-state index contributed by atoms with van der Waals surface area (Å²) in [6.07, 6.45) is 3.36. The summed E-state index contributed by atoms with van der Waals surface area (Å²) in [5.41, 5.74) is 2.75. The van der Waals surface area contributed by atoms with Crippen molar-refractivity contribution in [2.45, 2.75) is 38.5 Å². The van der Waals surface area contributed by atoms with E-state index in [4.69, 9.17) is 9.26 Å². The number of ether oxygens (including phenoxy) is 1. The third-order valence-corrected chi connectivity index (χ3v) is 4.29. The first-order valence-electron chi connectivity index (χ1n) is 8.05. The first-order valence-corrected chi connectivity index (χ1v) is 8.05. The van der Waals surface area contributed by atoms with Gasteiger partial charge in [0.15, 0.2) is 5.82 Å². The van der Waals surface area contributed by atoms with Crippen LogP contribution in [0.5, 0.6) is 0 Å². The Morgan fingerprint density at radius 1 is 1.39 bits per heavy atom. The number of aliphatic hydroxyl groups is 1. The Hall–Kier alpha value is -1.76. The summed E-state index contributed by atoms with van der Waals surface area (Å²) < 4.78 is 10.3. The molecule has 1 N–H and O–H groups in total. The molecule has 6 nitrogen and oxygen atoms in total. The Bertz CT molecular complexity index is 629. The highest BCUT2D eigenvalue weighted by Gasteiger charge is 2.26. The van der Waals surface area contributed by atoms with Crippen molar-refractivity contribution in [1.82, 2.24) is 15.0 Å². The van der Waals surface area contributed by atoms with Crippen molar-refractivity contribution in [3.05, 3.63) is 47.1 Å². The Kier molecular flexibility index (Phi) is 5.38. The molecule has 1 aromatic carbocycles. The topological polar surface area (TPSA) is 71.6 Å². The summed E-state index contributed by atoms with van der Waals surface area (Å²) in [6.45, 7) is 1.57. The van der Waals surface area contributed by atoms with Crippen molar-refractivity contribution in [2.75, 3.05) is 20.3 Å². The lowest BCUT2D eigenvalue weighted by Crippen LogP contribution is -2.33. The van der Waals surface area contributed by atoms with E-state index in [1.165, 1.54) is 11.1 Å². The minimum absolute atomic E-state index is 0.109. The van der Waals surface area contributed by atoms with Gasteiger partial charge >= 0.3 is 0 Å². The molecular formula is C17H23N3O3. The van der Waals surface area contributed by atoms with Gasteiger partial charge in [0.1, 0.15) is 6.61 Å². The number of methoxy groups -OCH3 is 1. The number of aryl methyl sites for hydroxylation is 1. The van der Waals surface area contributed by atoms with Crippen molar-refractivity contribution in [3.8, 4) is 0 Å². The van der Waals surface area contributed by atoms with Crippen LogP contribution in [0, 0.1) is 0 Å². The zero-order valence-electron chi connectivity index (χ0n) is 13.4. The average molecular weight is 317 g/mol. The summed E-state index contributed by atoms with van der Waals surface area (Å²) in [4.78, 5) is 6.57. The summed E-state index contributed by atoms with van der Waals surface area (Å²) in [5, 5.41) is 13.4. The number of hydrogen-bond acceptors (Lipinski definition) is 6. The van der Waals surface area contributed by atoms with Gasteiger partial charge in [0.05, 0.1) is 13.2 Å². The zero-order chi connectivity index (χ0) is 16.1. The fraction of sp³-hybridized carbons (Fsp3) is 0.529. The van der Waals surface area contributed by atoms with Crippen LogP contribution < -0.4 is 0 Å². The van der Waals surface area contributed by atoms with Crippen LogP contribution in [0.3, 0.4) is 0 Å². The molecule has 1 aromatic heterocycles. The normalized spacial score (nSPS) is 17.4. The van der Waals surface area contributed by atoms with Crippen LogP contribution in [0.25, 0.3) is 0 Å². The molecule has 0 saturated carbocycles. The second kappa shape index (κ2) is 7.68. The predicted molar refractivity (Wildman–Crippen MR) is 84.6 cm³/mol. The van der Waals surface area contributed by atoms with E-state index in [9.17, 15) is 5.11 Å². The van der Waals surface area contributed by atoms with E-state index in [1.54, 1.807) is 7.11 Å². The van der Waals surface area contributed by atoms with E-state index in [2.05, 4.69) is 39.3 Å². The molecule has 0 aliphatic heterocycles. The molecule has 23 heavy (non-hydrogen) atoms. The maximum atomic E-state index is 9.45. The summed E-state index contributed by atoms with van der Waals surface area (Å²) in [5.74, 6) is 1.11. The molecule has 1 unspecified atom stereocenters. The van der Waals surface area contributed by atoms with Crippen LogP contribution >= 0.6 is 0 Å². The molecule has 1 aliphatic rings. The number of nitrogens with zero attached hydrogens (tertiary/aromatic N) is 3. The monoisotopic (exact) mass is 317 g/mol. The highest BCUT2D eigenvalue weighted by Crippen LogP contribution is 2.34. The van der Waals surface area contributed by atoms with Crippen molar-refractivity contribution in [3.63, 3.8) is 0 Å². The van der Waals surface area contributed by atoms with E-state index in [0.717, 1.165) is 19.3 Å². The number of aliphatic hydroxyl groups excluding tert-OH is 1. The molecule has 0 bridgehead atoms. The molecule has 1 heterocycles. The summed E-state index contributed by atoms with van der Waals surface area (Å²) in [7, 11) is 1.60. The van der Waals surface area contributed by atoms with Gasteiger partial charge in [-0.1, -0.05) is 29.4 Å². The van der Waals surface area contributed by atoms with Gasteiger partial charge in [-0.15, -0.1) is 0 Å². The summed E-state index contributed by atoms with van der Waals surface area (Å²) >= 11 is 0. The lowest BCUT2D eigenvalue weighted by atomic mass is 9.87. The molecule has 0 saturated heterocycles. The van der Waals surface area contributed by atoms with Gasteiger partial charge in [-0.25, -0.2) is 0 Å². The van der Waals surface area contributed by atoms with Crippen molar-refractivity contribution < 1.29 is 14.4 Å². The molecule has 0 fully saturated rings. The Morgan fingerprint density at radius 2 is 2.26 bits per heavy atom. The van der Waals surface area contributed by atoms with Gasteiger partial charge in [-0.2, -0.15) is 4.98 Å². The van der Waals surface area contributed by atoms with Gasteiger partial charge in [-0.3, -0.25) is 4.90 Å². The van der Waals surface area contributed by atoms with Crippen LogP contribution in [0.2, 0.25) is 0 Å². The minimum Gasteiger partial charge on any atom is -0.395 e. The minimum atomic E-state index is 0.109. The Labute approximate surface area is 136 Å². The van der Waals surface area contributed by atoms with Crippen LogP contribution in [0.1, 0.15) is 41.7 Å². The largest absolute Gasteiger partial charge is 0.395 e. The lowest BCUT2D eigenvalue weighted by Gasteiger charge is -2.34. The van der Waals surface area contributed by atoms with E-state index in [1.807, 2.05) is 0 Å². The van der Waals surface area contributed by atoms with Crippen LogP contribution in [0.4, 0.5) is 0 Å². The SMILES string of the molecule is COCc1noc(CN(CCO)C2CCCc3ccccc32)n1. The second-order valence-corrected chi connectivity index (χ2v) is 5.84. The number of benzene rings is 1. The highest BCUT2D eigenvalue weighted by molar-refractivity contribution is 5.32. The molecule has 2 aromatic rings. The summed E-state index contributed by atoms with van der Waals surface area (Å²) in [6, 6.07) is 8.84. The van der Waals surface area contributed by atoms with Gasteiger partial charge in [0.25, 0.3) is 0 Å². The predicted octanol–water partition coefficient (Wildman–Crippen LogP) is 2.09. The van der Waals surface area contributed by atoms with Crippen LogP contribution in [0.15, 0.2) is 28.8 Å². The quantitative estimate of drug-likeness (QED) is 0.843. The Morgan fingerprint density at radius 3 is 3.09 bits per heavy atom. The molecule has 124 valence electrons. The highest BCUT2D eigenvalue weighted by atomic mass is 16.5. The van der Waals surface area contributed by atoms with Crippen molar-refractivity contribution in [2.24, 2.45) is 0 Å². The molecule has 0 amide bonds. The molecule has 6 heteroatoms. The molecule has 0 radical (unpaired) electrons. The second-order valence-electron chi connectivity index (χ2n) is 5.84. The molecule has 3 rings (SSSR count). The van der Waals surface area contributed by atoms with E-state index < -0.39 is 0 Å². The molecule has 0 spiro atoms. The average Bonchev–Trinajstić information content (AvgIpc) is 3.01. The maximum absolute atomic E-state index is 9.45. The number of hydrogen-bond donors (Lipinski definition) is 1. The third-order valence-electron chi connectivity index (χ3n) is 4.29. The fourth-order valence-corrected chi connectivity index (χ4v) is 3.30. The lowest BCUT2D eigenvalue weighted by molar-refractivity contribution is 0.117. The van der Waals surface area contributed by atoms with Gasteiger partial charge < -0.3 is 14.4 Å². The van der Waals surface area contributed by atoms with Gasteiger partial charge in [-0.05, 0) is 30.4 Å². The van der Waals surface area contributed by atoms with Gasteiger partial charge in [0.2, 0.25) is 5.89 Å². The van der Waals surface area contributed by atoms with Gasteiger partial charge in [0, 0.05) is 19.7 Å². The first kappa shape index (κ1) is 16.1. The maximum Gasteiger partial charge on any atom is 0.240 e. The number of rotatable bonds is 7.